The van der Waals surface area contributed by atoms with Crippen LogP contribution in [0.3, 0.4) is 0 Å². The van der Waals surface area contributed by atoms with Crippen molar-refractivity contribution in [3.63, 3.8) is 0 Å². The number of carbonyl (C=O) groups excluding carboxylic acids is 1. The van der Waals surface area contributed by atoms with E-state index >= 15 is 0 Å². The molecule has 0 saturated carbocycles. The second-order valence-electron chi connectivity index (χ2n) is 5.46. The van der Waals surface area contributed by atoms with Gasteiger partial charge in [0.15, 0.2) is 6.29 Å². The van der Waals surface area contributed by atoms with Gasteiger partial charge in [-0.05, 0) is 36.2 Å². The van der Waals surface area contributed by atoms with Gasteiger partial charge in [0, 0.05) is 6.07 Å². The van der Waals surface area contributed by atoms with Gasteiger partial charge in [0.05, 0.1) is 11.1 Å². The summed E-state index contributed by atoms with van der Waals surface area (Å²) in [4.78, 5) is 11.6. The molecule has 3 aromatic rings. The van der Waals surface area contributed by atoms with Crippen molar-refractivity contribution >= 4 is 6.29 Å². The molecule has 0 bridgehead atoms. The summed E-state index contributed by atoms with van der Waals surface area (Å²) in [6, 6.07) is 21.7. The Morgan fingerprint density at radius 3 is 1.81 bits per heavy atom. The number of carbonyl (C=O) groups is 1. The van der Waals surface area contributed by atoms with Crippen molar-refractivity contribution in [2.75, 3.05) is 0 Å². The monoisotopic (exact) mass is 388 g/mol. The largest absolute Gasteiger partial charge is 0.371 e. The zero-order valence-corrected chi connectivity index (χ0v) is 15.2. The smallest absolute Gasteiger partial charge is 0.297 e. The average molecular weight is 389 g/mol. The Morgan fingerprint density at radius 1 is 0.889 bits per heavy atom. The Bertz CT molecular complexity index is 870. The lowest BCUT2D eigenvalue weighted by Gasteiger charge is -2.17. The molecule has 27 heavy (non-hydrogen) atoms. The van der Waals surface area contributed by atoms with Crippen LogP contribution in [0.4, 0.5) is 0 Å². The summed E-state index contributed by atoms with van der Waals surface area (Å²) >= 11 is 0. The Labute approximate surface area is 158 Å². The highest BCUT2D eigenvalue weighted by Crippen LogP contribution is 2.31. The molecule has 140 valence electrons. The van der Waals surface area contributed by atoms with Gasteiger partial charge in [0.25, 0.3) is 0 Å². The summed E-state index contributed by atoms with van der Waals surface area (Å²) in [6.07, 6.45) is 1.67. The lowest BCUT2D eigenvalue weighted by Crippen LogP contribution is -2.68. The highest BCUT2D eigenvalue weighted by atomic mass is 35.7. The van der Waals surface area contributed by atoms with Crippen molar-refractivity contribution in [1.29, 1.82) is 0 Å². The van der Waals surface area contributed by atoms with Crippen LogP contribution in [0.25, 0.3) is 22.6 Å². The standard InChI is InChI=1S/C20H17O2.ClHO4/c1-2-15-13-19(16-9-5-3-6-10-16)22-20(18(15)14-21)17-11-7-4-8-12-17;2-1(3,4)5/h3-14H,2H2,1H3;(H,2,3,4,5)/q+1;/p-1. The molecule has 0 radical (unpaired) electrons. The number of benzene rings is 2. The number of hydrogen-bond donors (Lipinski definition) is 0. The van der Waals surface area contributed by atoms with Crippen LogP contribution in [0.5, 0.6) is 0 Å². The SMILES string of the molecule is CCc1cc(-c2ccccc2)[o+]c(-c2ccccc2)c1C=O.[O-][Cl+3]([O-])([O-])[O-]. The minimum atomic E-state index is -4.94. The molecule has 6 nitrogen and oxygen atoms in total. The van der Waals surface area contributed by atoms with E-state index in [2.05, 4.69) is 0 Å². The number of rotatable bonds is 4. The quantitative estimate of drug-likeness (QED) is 0.474. The third kappa shape index (κ3) is 6.25. The van der Waals surface area contributed by atoms with Gasteiger partial charge in [-0.1, -0.05) is 43.3 Å². The van der Waals surface area contributed by atoms with Crippen molar-refractivity contribution in [2.45, 2.75) is 13.3 Å². The summed E-state index contributed by atoms with van der Waals surface area (Å²) in [6.45, 7) is 2.05. The van der Waals surface area contributed by atoms with Crippen molar-refractivity contribution in [3.05, 3.63) is 77.9 Å². The van der Waals surface area contributed by atoms with E-state index in [0.29, 0.717) is 11.3 Å². The van der Waals surface area contributed by atoms with Gasteiger partial charge >= 0.3 is 11.5 Å². The molecule has 0 saturated heterocycles. The van der Waals surface area contributed by atoms with E-state index < -0.39 is 10.2 Å². The van der Waals surface area contributed by atoms with Crippen LogP contribution in [0, 0.1) is 10.2 Å². The summed E-state index contributed by atoms with van der Waals surface area (Å²) in [5, 5.41) is 0. The molecule has 0 fully saturated rings. The van der Waals surface area contributed by atoms with Gasteiger partial charge in [-0.3, -0.25) is 4.79 Å². The predicted molar refractivity (Wildman–Crippen MR) is 88.8 cm³/mol. The summed E-state index contributed by atoms with van der Waals surface area (Å²) in [5.41, 5.74) is 3.55. The topological polar surface area (TPSA) is 121 Å². The number of halogens is 1. The average Bonchev–Trinajstić information content (AvgIpc) is 2.67. The minimum Gasteiger partial charge on any atom is -0.297 e. The van der Waals surface area contributed by atoms with E-state index in [4.69, 9.17) is 23.1 Å². The Morgan fingerprint density at radius 2 is 1.37 bits per heavy atom. The van der Waals surface area contributed by atoms with Gasteiger partial charge in [-0.15, -0.1) is 10.2 Å². The van der Waals surface area contributed by atoms with Crippen molar-refractivity contribution in [3.8, 4) is 22.6 Å². The zero-order valence-electron chi connectivity index (χ0n) is 14.5. The van der Waals surface area contributed by atoms with E-state index in [1.165, 1.54) is 0 Å². The maximum Gasteiger partial charge on any atom is 0.371 e. The number of aryl methyl sites for hydroxylation is 1. The van der Waals surface area contributed by atoms with Gasteiger partial charge in [-0.2, -0.15) is 0 Å². The molecule has 0 atom stereocenters. The molecular weight excluding hydrogens is 372 g/mol. The second kappa shape index (κ2) is 9.36. The first-order valence-electron chi connectivity index (χ1n) is 8.01. The van der Waals surface area contributed by atoms with Crippen LogP contribution in [-0.2, 0) is 6.42 Å². The van der Waals surface area contributed by atoms with Crippen LogP contribution in [0.2, 0.25) is 0 Å². The Hall–Kier alpha value is -2.61. The lowest BCUT2D eigenvalue weighted by atomic mass is 9.99. The molecule has 0 aliphatic rings. The molecule has 1 heterocycles. The van der Waals surface area contributed by atoms with E-state index in [-0.39, 0.29) is 0 Å². The fourth-order valence-electron chi connectivity index (χ4n) is 2.55. The first-order valence-corrected chi connectivity index (χ1v) is 9.24. The van der Waals surface area contributed by atoms with Crippen LogP contribution in [0.1, 0.15) is 22.8 Å². The van der Waals surface area contributed by atoms with Crippen molar-refractivity contribution < 1.29 is 38.1 Å². The molecule has 3 rings (SSSR count). The van der Waals surface area contributed by atoms with E-state index in [9.17, 15) is 4.79 Å². The molecule has 0 unspecified atom stereocenters. The molecule has 0 N–H and O–H groups in total. The first kappa shape index (κ1) is 20.7. The van der Waals surface area contributed by atoms with Crippen LogP contribution >= 0.6 is 0 Å². The third-order valence-corrected chi connectivity index (χ3v) is 3.70. The fourth-order valence-corrected chi connectivity index (χ4v) is 2.55. The molecule has 1 aromatic heterocycles. The first-order chi connectivity index (χ1) is 12.8. The minimum absolute atomic E-state index is 0.633. The molecule has 0 amide bonds. The zero-order chi connectivity index (χ0) is 19.9. The molecular formula is C20H17ClO6. The molecule has 0 aliphatic heterocycles. The van der Waals surface area contributed by atoms with E-state index in [0.717, 1.165) is 35.2 Å². The van der Waals surface area contributed by atoms with Crippen LogP contribution in [0.15, 0.2) is 71.1 Å². The Kier molecular flexibility index (Phi) is 7.18. The molecule has 0 aliphatic carbocycles. The van der Waals surface area contributed by atoms with E-state index in [1.54, 1.807) is 0 Å². The summed E-state index contributed by atoms with van der Waals surface area (Å²) in [7, 11) is -4.94. The van der Waals surface area contributed by atoms with Crippen molar-refractivity contribution in [2.24, 2.45) is 0 Å². The number of aldehydes is 1. The Balaban J connectivity index is 0.000000465. The van der Waals surface area contributed by atoms with Crippen LogP contribution < -0.4 is 18.6 Å². The highest BCUT2D eigenvalue weighted by molar-refractivity contribution is 5.87. The molecule has 2 aromatic carbocycles. The van der Waals surface area contributed by atoms with E-state index in [1.807, 2.05) is 73.7 Å². The summed E-state index contributed by atoms with van der Waals surface area (Å²) in [5.74, 6) is 1.41. The highest BCUT2D eigenvalue weighted by Gasteiger charge is 2.25. The van der Waals surface area contributed by atoms with Gasteiger partial charge in [0.2, 0.25) is 0 Å². The lowest BCUT2D eigenvalue weighted by molar-refractivity contribution is -2.00. The van der Waals surface area contributed by atoms with Gasteiger partial charge in [-0.25, -0.2) is 23.1 Å². The van der Waals surface area contributed by atoms with Crippen LogP contribution in [-0.4, -0.2) is 6.29 Å². The fraction of sp³-hybridized carbons (Fsp3) is 0.100. The van der Waals surface area contributed by atoms with Gasteiger partial charge in [0.1, 0.15) is 5.56 Å². The number of hydrogen-bond acceptors (Lipinski definition) is 5. The maximum atomic E-state index is 11.6. The maximum absolute atomic E-state index is 11.6. The summed E-state index contributed by atoms with van der Waals surface area (Å²) < 4.78 is 40.1. The molecule has 0 spiro atoms. The predicted octanol–water partition coefficient (Wildman–Crippen LogP) is 0.514. The second-order valence-corrected chi connectivity index (χ2v) is 6.22. The normalized spacial score (nSPS) is 10.7. The van der Waals surface area contributed by atoms with Gasteiger partial charge < -0.3 is 0 Å². The molecule has 7 heteroatoms. The van der Waals surface area contributed by atoms with Crippen molar-refractivity contribution in [1.82, 2.24) is 0 Å². The third-order valence-electron chi connectivity index (χ3n) is 3.70.